The van der Waals surface area contributed by atoms with Crippen LogP contribution in [0.15, 0.2) is 18.2 Å². The zero-order chi connectivity index (χ0) is 12.1. The van der Waals surface area contributed by atoms with E-state index in [1.165, 1.54) is 19.2 Å². The fourth-order valence-corrected chi connectivity index (χ4v) is 1.51. The van der Waals surface area contributed by atoms with Crippen LogP contribution < -0.4 is 10.6 Å². The van der Waals surface area contributed by atoms with Gasteiger partial charge >= 0.3 is 0 Å². The molecule has 0 aliphatic heterocycles. The molecule has 0 aliphatic carbocycles. The van der Waals surface area contributed by atoms with Crippen LogP contribution in [0.5, 0.6) is 0 Å². The number of carbonyl (C=O) groups is 2. The van der Waals surface area contributed by atoms with Gasteiger partial charge in [-0.3, -0.25) is 9.59 Å². The quantitative estimate of drug-likeness (QED) is 0.865. The molecule has 0 fully saturated rings. The average Bonchev–Trinajstić information content (AvgIpc) is 2.25. The van der Waals surface area contributed by atoms with E-state index in [2.05, 4.69) is 10.6 Å². The van der Waals surface area contributed by atoms with Crippen LogP contribution in [-0.4, -0.2) is 25.4 Å². The van der Waals surface area contributed by atoms with E-state index >= 15 is 0 Å². The molecule has 4 nitrogen and oxygen atoms in total. The van der Waals surface area contributed by atoms with Crippen molar-refractivity contribution < 1.29 is 9.59 Å². The molecule has 0 heterocycles. The molecule has 2 N–H and O–H groups in total. The van der Waals surface area contributed by atoms with E-state index in [0.717, 1.165) is 0 Å². The predicted molar refractivity (Wildman–Crippen MR) is 62.9 cm³/mol. The van der Waals surface area contributed by atoms with Gasteiger partial charge in [0.05, 0.1) is 17.1 Å². The summed E-state index contributed by atoms with van der Waals surface area (Å²) in [5, 5.41) is 5.52. The van der Waals surface area contributed by atoms with Gasteiger partial charge in [0.25, 0.3) is 5.91 Å². The summed E-state index contributed by atoms with van der Waals surface area (Å²) in [5.41, 5.74) is 0.287. The number of hydrogen-bond donors (Lipinski definition) is 2. The molecular formula is C10H10Cl2N2O2. The summed E-state index contributed by atoms with van der Waals surface area (Å²) in [7, 11) is 1.49. The van der Waals surface area contributed by atoms with Crippen LogP contribution in [0, 0.1) is 0 Å². The molecule has 86 valence electrons. The largest absolute Gasteiger partial charge is 0.358 e. The Morgan fingerprint density at radius 3 is 2.56 bits per heavy atom. The molecule has 1 rings (SSSR count). The first-order chi connectivity index (χ1) is 7.54. The van der Waals surface area contributed by atoms with Crippen LogP contribution in [0.2, 0.25) is 10.0 Å². The maximum Gasteiger partial charge on any atom is 0.253 e. The minimum absolute atomic E-state index is 0.0890. The van der Waals surface area contributed by atoms with Crippen molar-refractivity contribution in [2.24, 2.45) is 0 Å². The van der Waals surface area contributed by atoms with E-state index in [-0.39, 0.29) is 23.0 Å². The first kappa shape index (κ1) is 12.8. The van der Waals surface area contributed by atoms with Crippen LogP contribution in [0.1, 0.15) is 10.4 Å². The molecule has 0 saturated carbocycles. The van der Waals surface area contributed by atoms with Gasteiger partial charge in [0.1, 0.15) is 0 Å². The van der Waals surface area contributed by atoms with Gasteiger partial charge in [-0.1, -0.05) is 23.2 Å². The summed E-state index contributed by atoms with van der Waals surface area (Å²) in [5.74, 6) is -0.691. The molecule has 0 unspecified atom stereocenters. The van der Waals surface area contributed by atoms with Gasteiger partial charge in [-0.25, -0.2) is 0 Å². The van der Waals surface area contributed by atoms with E-state index in [9.17, 15) is 9.59 Å². The Labute approximate surface area is 103 Å². The third-order valence-electron chi connectivity index (χ3n) is 1.86. The standard InChI is InChI=1S/C10H10Cl2N2O2/c1-13-9(15)5-14-10(16)7-3-2-6(11)4-8(7)12/h2-4H,5H2,1H3,(H,13,15)(H,14,16). The molecule has 0 aliphatic rings. The van der Waals surface area contributed by atoms with Crippen LogP contribution in [-0.2, 0) is 4.79 Å². The van der Waals surface area contributed by atoms with Crippen LogP contribution >= 0.6 is 23.2 Å². The number of hydrogen-bond acceptors (Lipinski definition) is 2. The highest BCUT2D eigenvalue weighted by Crippen LogP contribution is 2.20. The highest BCUT2D eigenvalue weighted by atomic mass is 35.5. The number of amides is 2. The molecule has 2 amide bonds. The number of benzene rings is 1. The lowest BCUT2D eigenvalue weighted by molar-refractivity contribution is -0.119. The molecule has 0 atom stereocenters. The monoisotopic (exact) mass is 260 g/mol. The molecule has 1 aromatic carbocycles. The highest BCUT2D eigenvalue weighted by molar-refractivity contribution is 6.36. The van der Waals surface area contributed by atoms with Crippen molar-refractivity contribution in [2.45, 2.75) is 0 Å². The second kappa shape index (κ2) is 5.72. The van der Waals surface area contributed by atoms with Crippen molar-refractivity contribution in [2.75, 3.05) is 13.6 Å². The van der Waals surface area contributed by atoms with Crippen LogP contribution in [0.3, 0.4) is 0 Å². The van der Waals surface area contributed by atoms with Gasteiger partial charge in [-0.15, -0.1) is 0 Å². The Bertz CT molecular complexity index is 421. The summed E-state index contributed by atoms with van der Waals surface area (Å²) in [4.78, 5) is 22.5. The summed E-state index contributed by atoms with van der Waals surface area (Å²) in [6, 6.07) is 4.53. The summed E-state index contributed by atoms with van der Waals surface area (Å²) in [6.07, 6.45) is 0. The second-order valence-electron chi connectivity index (χ2n) is 2.98. The number of halogens is 2. The van der Waals surface area contributed by atoms with Gasteiger partial charge < -0.3 is 10.6 Å². The maximum absolute atomic E-state index is 11.6. The lowest BCUT2D eigenvalue weighted by Crippen LogP contribution is -2.35. The van der Waals surface area contributed by atoms with Crippen molar-refractivity contribution in [3.63, 3.8) is 0 Å². The number of nitrogens with one attached hydrogen (secondary N) is 2. The zero-order valence-corrected chi connectivity index (χ0v) is 10.0. The van der Waals surface area contributed by atoms with E-state index in [0.29, 0.717) is 5.02 Å². The second-order valence-corrected chi connectivity index (χ2v) is 3.82. The van der Waals surface area contributed by atoms with Crippen molar-refractivity contribution in [3.05, 3.63) is 33.8 Å². The molecule has 16 heavy (non-hydrogen) atoms. The molecule has 0 bridgehead atoms. The highest BCUT2D eigenvalue weighted by Gasteiger charge is 2.11. The Morgan fingerprint density at radius 2 is 2.00 bits per heavy atom. The SMILES string of the molecule is CNC(=O)CNC(=O)c1ccc(Cl)cc1Cl. The summed E-state index contributed by atoms with van der Waals surface area (Å²) in [6.45, 7) is -0.0890. The number of rotatable bonds is 3. The molecule has 0 spiro atoms. The Hall–Kier alpha value is -1.26. The lowest BCUT2D eigenvalue weighted by atomic mass is 10.2. The van der Waals surface area contributed by atoms with Crippen LogP contribution in [0.25, 0.3) is 0 Å². The van der Waals surface area contributed by atoms with Crippen LogP contribution in [0.4, 0.5) is 0 Å². The van der Waals surface area contributed by atoms with Crippen molar-refractivity contribution in [1.29, 1.82) is 0 Å². The zero-order valence-electron chi connectivity index (χ0n) is 8.51. The fourth-order valence-electron chi connectivity index (χ4n) is 1.02. The van der Waals surface area contributed by atoms with Crippen molar-refractivity contribution >= 4 is 35.0 Å². The predicted octanol–water partition coefficient (Wildman–Crippen LogP) is 1.47. The topological polar surface area (TPSA) is 58.2 Å². The smallest absolute Gasteiger partial charge is 0.253 e. The Morgan fingerprint density at radius 1 is 1.31 bits per heavy atom. The minimum atomic E-state index is -0.412. The van der Waals surface area contributed by atoms with Gasteiger partial charge in [-0.2, -0.15) is 0 Å². The molecule has 1 aromatic rings. The summed E-state index contributed by atoms with van der Waals surface area (Å²) < 4.78 is 0. The number of carbonyl (C=O) groups excluding carboxylic acids is 2. The third-order valence-corrected chi connectivity index (χ3v) is 2.41. The number of likely N-dealkylation sites (N-methyl/N-ethyl adjacent to an activating group) is 1. The van der Waals surface area contributed by atoms with Gasteiger partial charge in [0.15, 0.2) is 0 Å². The van der Waals surface area contributed by atoms with Crippen molar-refractivity contribution in [1.82, 2.24) is 10.6 Å². The Kier molecular flexibility index (Phi) is 4.58. The van der Waals surface area contributed by atoms with E-state index in [1.54, 1.807) is 6.07 Å². The normalized spacial score (nSPS) is 9.69. The third kappa shape index (κ3) is 3.40. The van der Waals surface area contributed by atoms with Gasteiger partial charge in [0.2, 0.25) is 5.91 Å². The van der Waals surface area contributed by atoms with E-state index < -0.39 is 5.91 Å². The van der Waals surface area contributed by atoms with Crippen molar-refractivity contribution in [3.8, 4) is 0 Å². The first-order valence-corrected chi connectivity index (χ1v) is 5.24. The molecule has 0 saturated heterocycles. The van der Waals surface area contributed by atoms with Gasteiger partial charge in [-0.05, 0) is 18.2 Å². The molecular weight excluding hydrogens is 251 g/mol. The van der Waals surface area contributed by atoms with Gasteiger partial charge in [0, 0.05) is 12.1 Å². The van der Waals surface area contributed by atoms with E-state index in [4.69, 9.17) is 23.2 Å². The molecule has 0 radical (unpaired) electrons. The maximum atomic E-state index is 11.6. The first-order valence-electron chi connectivity index (χ1n) is 4.48. The van der Waals surface area contributed by atoms with E-state index in [1.807, 2.05) is 0 Å². The average molecular weight is 261 g/mol. The minimum Gasteiger partial charge on any atom is -0.358 e. The molecule has 0 aromatic heterocycles. The summed E-state index contributed by atoms with van der Waals surface area (Å²) >= 11 is 11.5. The molecule has 6 heteroatoms. The Balaban J connectivity index is 2.70. The fraction of sp³-hybridized carbons (Fsp3) is 0.200. The lowest BCUT2D eigenvalue weighted by Gasteiger charge is -2.06.